The molecule has 1 heterocycles. The van der Waals surface area contributed by atoms with Gasteiger partial charge in [0.15, 0.2) is 6.61 Å². The zero-order valence-electron chi connectivity index (χ0n) is 16.6. The average molecular weight is 425 g/mol. The van der Waals surface area contributed by atoms with Crippen molar-refractivity contribution >= 4 is 29.3 Å². The summed E-state index contributed by atoms with van der Waals surface area (Å²) in [5.41, 5.74) is 3.52. The highest BCUT2D eigenvalue weighted by Gasteiger charge is 2.36. The van der Waals surface area contributed by atoms with Gasteiger partial charge in [0.25, 0.3) is 11.6 Å². The molecule has 1 N–H and O–H groups in total. The monoisotopic (exact) mass is 425 g/mol. The topological polar surface area (TPSA) is 136 Å². The minimum atomic E-state index is -0.844. The Morgan fingerprint density at radius 1 is 1.16 bits per heavy atom. The van der Waals surface area contributed by atoms with Crippen LogP contribution in [0.5, 0.6) is 0 Å². The first-order valence-electron chi connectivity index (χ1n) is 9.37. The minimum Gasteiger partial charge on any atom is -0.457 e. The van der Waals surface area contributed by atoms with Crippen LogP contribution in [-0.4, -0.2) is 46.7 Å². The molecule has 1 aliphatic heterocycles. The van der Waals surface area contributed by atoms with Crippen molar-refractivity contribution in [3.05, 3.63) is 75.3 Å². The zero-order chi connectivity index (χ0) is 22.5. The molecule has 0 aromatic heterocycles. The lowest BCUT2D eigenvalue weighted by Crippen LogP contribution is -2.43. The lowest BCUT2D eigenvalue weighted by molar-refractivity contribution is -0.384. The summed E-state index contributed by atoms with van der Waals surface area (Å²) in [5, 5.41) is 11.9. The van der Waals surface area contributed by atoms with E-state index in [-0.39, 0.29) is 24.2 Å². The van der Waals surface area contributed by atoms with Crippen LogP contribution in [0.3, 0.4) is 0 Å². The third-order valence-electron chi connectivity index (χ3n) is 4.70. The second kappa shape index (κ2) is 9.16. The number of Topliss-reactive ketones (excluding diaryl/α,β-unsaturated/α-hetero) is 1. The third-order valence-corrected chi connectivity index (χ3v) is 4.70. The smallest absolute Gasteiger partial charge is 0.311 e. The summed E-state index contributed by atoms with van der Waals surface area (Å²) in [6, 6.07) is 11.9. The van der Waals surface area contributed by atoms with Gasteiger partial charge in [-0.05, 0) is 19.1 Å². The van der Waals surface area contributed by atoms with Gasteiger partial charge in [-0.15, -0.1) is 0 Å². The first kappa shape index (κ1) is 21.6. The second-order valence-corrected chi connectivity index (χ2v) is 7.05. The molecular weight excluding hydrogens is 406 g/mol. The van der Waals surface area contributed by atoms with Crippen LogP contribution in [0.1, 0.15) is 32.7 Å². The van der Waals surface area contributed by atoms with Crippen molar-refractivity contribution in [1.29, 1.82) is 0 Å². The highest BCUT2D eigenvalue weighted by Crippen LogP contribution is 2.19. The fourth-order valence-corrected chi connectivity index (χ4v) is 3.08. The van der Waals surface area contributed by atoms with Crippen molar-refractivity contribution in [2.45, 2.75) is 13.3 Å². The van der Waals surface area contributed by atoms with Gasteiger partial charge in [0.05, 0.1) is 17.4 Å². The molecule has 31 heavy (non-hydrogen) atoms. The van der Waals surface area contributed by atoms with E-state index in [1.165, 1.54) is 18.2 Å². The summed E-state index contributed by atoms with van der Waals surface area (Å²) in [6.07, 6.45) is -0.169. The van der Waals surface area contributed by atoms with E-state index in [2.05, 4.69) is 5.43 Å². The molecule has 1 aliphatic rings. The molecule has 0 spiro atoms. The predicted molar refractivity (Wildman–Crippen MR) is 107 cm³/mol. The van der Waals surface area contributed by atoms with E-state index in [9.17, 15) is 29.3 Å². The molecule has 1 saturated heterocycles. The van der Waals surface area contributed by atoms with Crippen molar-refractivity contribution in [2.24, 2.45) is 5.92 Å². The number of aryl methyl sites for hydroxylation is 1. The van der Waals surface area contributed by atoms with E-state index >= 15 is 0 Å². The molecule has 2 aromatic carbocycles. The molecule has 0 aliphatic carbocycles. The second-order valence-electron chi connectivity index (χ2n) is 7.05. The molecular formula is C21H19N3O7. The highest BCUT2D eigenvalue weighted by atomic mass is 16.6. The van der Waals surface area contributed by atoms with Gasteiger partial charge in [0, 0.05) is 29.7 Å². The summed E-state index contributed by atoms with van der Waals surface area (Å²) in [4.78, 5) is 59.1. The maximum Gasteiger partial charge on any atom is 0.311 e. The van der Waals surface area contributed by atoms with Gasteiger partial charge in [-0.3, -0.25) is 39.7 Å². The molecule has 0 bridgehead atoms. The molecule has 1 atom stereocenters. The van der Waals surface area contributed by atoms with Gasteiger partial charge in [-0.25, -0.2) is 0 Å². The Balaban J connectivity index is 1.54. The Kier molecular flexibility index (Phi) is 6.39. The van der Waals surface area contributed by atoms with Gasteiger partial charge in [-0.1, -0.05) is 29.8 Å². The van der Waals surface area contributed by atoms with E-state index in [1.807, 2.05) is 13.0 Å². The standard InChI is InChI=1S/C21H19N3O7/c1-13-4-2-6-15(8-13)20(27)22-23-11-16(10-19(23)26)21(28)31-12-18(25)14-5-3-7-17(9-14)24(29)30/h2-9,16H,10-12H2,1H3,(H,22,27)/t16-/m1/s1. The third kappa shape index (κ3) is 5.30. The number of nitro benzene ring substituents is 1. The quantitative estimate of drug-likeness (QED) is 0.309. The van der Waals surface area contributed by atoms with Crippen LogP contribution in [0.25, 0.3) is 0 Å². The first-order valence-corrected chi connectivity index (χ1v) is 9.37. The van der Waals surface area contributed by atoms with E-state index in [1.54, 1.807) is 18.2 Å². The van der Waals surface area contributed by atoms with Crippen molar-refractivity contribution in [1.82, 2.24) is 10.4 Å². The number of non-ortho nitro benzene ring substituents is 1. The lowest BCUT2D eigenvalue weighted by atomic mass is 10.1. The van der Waals surface area contributed by atoms with Crippen LogP contribution in [0.2, 0.25) is 0 Å². The normalized spacial score (nSPS) is 15.5. The van der Waals surface area contributed by atoms with Gasteiger partial charge in [0.1, 0.15) is 0 Å². The maximum atomic E-state index is 12.3. The van der Waals surface area contributed by atoms with Crippen LogP contribution in [0.15, 0.2) is 48.5 Å². The van der Waals surface area contributed by atoms with E-state index in [4.69, 9.17) is 4.74 Å². The highest BCUT2D eigenvalue weighted by molar-refractivity contribution is 5.99. The number of amides is 2. The molecule has 0 radical (unpaired) electrons. The number of hydrogen-bond acceptors (Lipinski definition) is 7. The number of benzene rings is 2. The summed E-state index contributed by atoms with van der Waals surface area (Å²) < 4.78 is 4.99. The Morgan fingerprint density at radius 3 is 2.58 bits per heavy atom. The molecule has 10 heteroatoms. The summed E-state index contributed by atoms with van der Waals surface area (Å²) in [7, 11) is 0. The van der Waals surface area contributed by atoms with Crippen LogP contribution >= 0.6 is 0 Å². The number of nitrogens with zero attached hydrogens (tertiary/aromatic N) is 2. The van der Waals surface area contributed by atoms with Crippen molar-refractivity contribution < 1.29 is 28.8 Å². The van der Waals surface area contributed by atoms with E-state index in [0.29, 0.717) is 5.56 Å². The number of esters is 1. The molecule has 10 nitrogen and oxygen atoms in total. The largest absolute Gasteiger partial charge is 0.457 e. The molecule has 0 unspecified atom stereocenters. The number of hydrazine groups is 1. The number of nitro groups is 1. The fourth-order valence-electron chi connectivity index (χ4n) is 3.08. The molecule has 160 valence electrons. The molecule has 3 rings (SSSR count). The van der Waals surface area contributed by atoms with Gasteiger partial charge < -0.3 is 4.74 Å². The van der Waals surface area contributed by atoms with Crippen LogP contribution in [0.4, 0.5) is 5.69 Å². The van der Waals surface area contributed by atoms with E-state index in [0.717, 1.165) is 16.6 Å². The Morgan fingerprint density at radius 2 is 1.87 bits per heavy atom. The SMILES string of the molecule is Cc1cccc(C(=O)NN2C[C@H](C(=O)OCC(=O)c3cccc([N+](=O)[O-])c3)CC2=O)c1. The molecule has 2 aromatic rings. The number of nitrogens with one attached hydrogen (secondary N) is 1. The zero-order valence-corrected chi connectivity index (χ0v) is 16.6. The minimum absolute atomic E-state index is 0.0385. The predicted octanol–water partition coefficient (Wildman–Crippen LogP) is 1.82. The van der Waals surface area contributed by atoms with Crippen molar-refractivity contribution in [2.75, 3.05) is 13.2 Å². The van der Waals surface area contributed by atoms with Crippen molar-refractivity contribution in [3.63, 3.8) is 0 Å². The summed E-state index contributed by atoms with van der Waals surface area (Å²) in [5.74, 6) is -3.14. The van der Waals surface area contributed by atoms with Crippen LogP contribution < -0.4 is 5.43 Å². The van der Waals surface area contributed by atoms with Gasteiger partial charge in [-0.2, -0.15) is 0 Å². The Bertz CT molecular complexity index is 1070. The van der Waals surface area contributed by atoms with Gasteiger partial charge >= 0.3 is 5.97 Å². The number of ether oxygens (including phenoxy) is 1. The Hall–Kier alpha value is -4.08. The van der Waals surface area contributed by atoms with E-state index < -0.39 is 41.0 Å². The van der Waals surface area contributed by atoms with Crippen LogP contribution in [0, 0.1) is 23.0 Å². The lowest BCUT2D eigenvalue weighted by Gasteiger charge is -2.17. The number of rotatable bonds is 7. The average Bonchev–Trinajstić information content (AvgIpc) is 3.12. The molecule has 0 saturated carbocycles. The fraction of sp³-hybridized carbons (Fsp3) is 0.238. The Labute approximate surface area is 176 Å². The number of carbonyl (C=O) groups is 4. The summed E-state index contributed by atoms with van der Waals surface area (Å²) in [6.45, 7) is 1.14. The number of carbonyl (C=O) groups excluding carboxylic acids is 4. The maximum absolute atomic E-state index is 12.3. The van der Waals surface area contributed by atoms with Gasteiger partial charge in [0.2, 0.25) is 11.7 Å². The number of hydrogen-bond donors (Lipinski definition) is 1. The number of ketones is 1. The van der Waals surface area contributed by atoms with Crippen molar-refractivity contribution in [3.8, 4) is 0 Å². The molecule has 1 fully saturated rings. The first-order chi connectivity index (χ1) is 14.7. The summed E-state index contributed by atoms with van der Waals surface area (Å²) >= 11 is 0. The van der Waals surface area contributed by atoms with Crippen LogP contribution in [-0.2, 0) is 14.3 Å². The molecule has 2 amide bonds.